The smallest absolute Gasteiger partial charge is 0.120 e. The average molecular weight is 257 g/mol. The summed E-state index contributed by atoms with van der Waals surface area (Å²) < 4.78 is 5.66. The largest absolute Gasteiger partial charge is 0.465 e. The molecule has 102 valence electrons. The van der Waals surface area contributed by atoms with Crippen molar-refractivity contribution >= 4 is 0 Å². The van der Waals surface area contributed by atoms with Crippen LogP contribution in [0.2, 0.25) is 0 Å². The average Bonchev–Trinajstić information content (AvgIpc) is 2.85. The van der Waals surface area contributed by atoms with E-state index >= 15 is 0 Å². The molecule has 2 atom stereocenters. The molecule has 2 rings (SSSR count). The molecule has 0 radical (unpaired) electrons. The zero-order valence-corrected chi connectivity index (χ0v) is 12.2. The first kappa shape index (κ1) is 13.9. The normalized spacial score (nSPS) is 14.3. The molecular formula is C17H23NO. The van der Waals surface area contributed by atoms with E-state index in [0.29, 0.717) is 6.04 Å². The highest BCUT2D eigenvalue weighted by Gasteiger charge is 2.13. The van der Waals surface area contributed by atoms with Crippen LogP contribution in [-0.2, 0) is 6.42 Å². The van der Waals surface area contributed by atoms with Crippen molar-refractivity contribution in [2.45, 2.75) is 46.2 Å². The summed E-state index contributed by atoms with van der Waals surface area (Å²) in [4.78, 5) is 0. The van der Waals surface area contributed by atoms with E-state index in [4.69, 9.17) is 4.42 Å². The Morgan fingerprint density at radius 3 is 2.21 bits per heavy atom. The van der Waals surface area contributed by atoms with Crippen LogP contribution in [0.5, 0.6) is 0 Å². The minimum Gasteiger partial charge on any atom is -0.465 e. The van der Waals surface area contributed by atoms with Crippen LogP contribution in [0, 0.1) is 6.92 Å². The van der Waals surface area contributed by atoms with Gasteiger partial charge in [0.1, 0.15) is 11.5 Å². The van der Waals surface area contributed by atoms with Gasteiger partial charge in [-0.05, 0) is 50.5 Å². The Bertz CT molecular complexity index is 512. The van der Waals surface area contributed by atoms with Gasteiger partial charge >= 0.3 is 0 Å². The van der Waals surface area contributed by atoms with Crippen LogP contribution >= 0.6 is 0 Å². The van der Waals surface area contributed by atoms with Gasteiger partial charge < -0.3 is 9.73 Å². The summed E-state index contributed by atoms with van der Waals surface area (Å²) in [6, 6.07) is 13.4. The van der Waals surface area contributed by atoms with Crippen molar-refractivity contribution in [3.8, 4) is 0 Å². The molecule has 0 spiro atoms. The molecule has 1 heterocycles. The fraction of sp³-hybridized carbons (Fsp3) is 0.412. The number of furan rings is 1. The number of aryl methyl sites for hydroxylation is 2. The van der Waals surface area contributed by atoms with Gasteiger partial charge in [-0.3, -0.25) is 0 Å². The molecule has 1 aromatic heterocycles. The van der Waals surface area contributed by atoms with Crippen molar-refractivity contribution in [2.24, 2.45) is 0 Å². The van der Waals surface area contributed by atoms with Crippen LogP contribution in [-0.4, -0.2) is 0 Å². The highest BCUT2D eigenvalue weighted by Crippen LogP contribution is 2.21. The number of nitrogens with one attached hydrogen (secondary N) is 1. The van der Waals surface area contributed by atoms with Gasteiger partial charge in [-0.25, -0.2) is 0 Å². The maximum absolute atomic E-state index is 5.66. The first-order chi connectivity index (χ1) is 9.10. The fourth-order valence-corrected chi connectivity index (χ4v) is 2.28. The van der Waals surface area contributed by atoms with Gasteiger partial charge in [0.15, 0.2) is 0 Å². The van der Waals surface area contributed by atoms with Gasteiger partial charge in [-0.2, -0.15) is 0 Å². The van der Waals surface area contributed by atoms with E-state index in [-0.39, 0.29) is 6.04 Å². The van der Waals surface area contributed by atoms with Crippen LogP contribution < -0.4 is 5.32 Å². The highest BCUT2D eigenvalue weighted by molar-refractivity contribution is 5.25. The monoisotopic (exact) mass is 257 g/mol. The van der Waals surface area contributed by atoms with E-state index in [1.807, 2.05) is 19.1 Å². The van der Waals surface area contributed by atoms with Gasteiger partial charge in [0.25, 0.3) is 0 Å². The minimum absolute atomic E-state index is 0.217. The summed E-state index contributed by atoms with van der Waals surface area (Å²) in [6.07, 6.45) is 1.09. The molecule has 0 aliphatic rings. The molecule has 0 bridgehead atoms. The number of rotatable bonds is 5. The number of hydrogen-bond acceptors (Lipinski definition) is 2. The maximum Gasteiger partial charge on any atom is 0.120 e. The van der Waals surface area contributed by atoms with E-state index in [1.165, 1.54) is 11.1 Å². The van der Waals surface area contributed by atoms with Gasteiger partial charge in [-0.1, -0.05) is 31.2 Å². The van der Waals surface area contributed by atoms with E-state index in [0.717, 1.165) is 17.9 Å². The predicted molar refractivity (Wildman–Crippen MR) is 79.2 cm³/mol. The van der Waals surface area contributed by atoms with E-state index in [1.54, 1.807) is 0 Å². The second kappa shape index (κ2) is 6.07. The molecule has 1 N–H and O–H groups in total. The van der Waals surface area contributed by atoms with Gasteiger partial charge in [0.2, 0.25) is 0 Å². The van der Waals surface area contributed by atoms with Crippen molar-refractivity contribution in [2.75, 3.05) is 0 Å². The first-order valence-electron chi connectivity index (χ1n) is 7.01. The summed E-state index contributed by atoms with van der Waals surface area (Å²) in [5.41, 5.74) is 2.69. The van der Waals surface area contributed by atoms with Crippen molar-refractivity contribution < 1.29 is 4.42 Å². The predicted octanol–water partition coefficient (Wildman–Crippen LogP) is 4.56. The fourth-order valence-electron chi connectivity index (χ4n) is 2.28. The third-order valence-electron chi connectivity index (χ3n) is 3.58. The molecule has 0 amide bonds. The Morgan fingerprint density at radius 1 is 1.00 bits per heavy atom. The molecule has 0 aliphatic heterocycles. The number of hydrogen-bond donors (Lipinski definition) is 1. The SMILES string of the molecule is CCc1ccc(C(C)NC(C)c2ccc(C)o2)cc1. The zero-order valence-electron chi connectivity index (χ0n) is 12.2. The van der Waals surface area contributed by atoms with Crippen LogP contribution in [0.1, 0.15) is 55.5 Å². The lowest BCUT2D eigenvalue weighted by Crippen LogP contribution is -2.22. The Morgan fingerprint density at radius 2 is 1.68 bits per heavy atom. The third-order valence-corrected chi connectivity index (χ3v) is 3.58. The minimum atomic E-state index is 0.217. The van der Waals surface area contributed by atoms with Crippen LogP contribution in [0.4, 0.5) is 0 Å². The topological polar surface area (TPSA) is 25.2 Å². The van der Waals surface area contributed by atoms with Crippen LogP contribution in [0.25, 0.3) is 0 Å². The van der Waals surface area contributed by atoms with Gasteiger partial charge in [0.05, 0.1) is 6.04 Å². The lowest BCUT2D eigenvalue weighted by atomic mass is 10.0. The van der Waals surface area contributed by atoms with Crippen molar-refractivity contribution in [1.29, 1.82) is 0 Å². The molecule has 2 heteroatoms. The Kier molecular flexibility index (Phi) is 4.43. The van der Waals surface area contributed by atoms with Crippen LogP contribution in [0.3, 0.4) is 0 Å². The Hall–Kier alpha value is -1.54. The molecule has 0 saturated heterocycles. The third kappa shape index (κ3) is 3.48. The molecule has 19 heavy (non-hydrogen) atoms. The molecule has 0 saturated carbocycles. The second-order valence-corrected chi connectivity index (χ2v) is 5.15. The summed E-state index contributed by atoms with van der Waals surface area (Å²) in [7, 11) is 0. The standard InChI is InChI=1S/C17H23NO/c1-5-15-7-9-16(10-8-15)13(3)18-14(4)17-11-6-12(2)19-17/h6-11,13-14,18H,5H2,1-4H3. The Balaban J connectivity index is 2.01. The number of benzene rings is 1. The molecule has 2 nitrogen and oxygen atoms in total. The maximum atomic E-state index is 5.66. The highest BCUT2D eigenvalue weighted by atomic mass is 16.3. The van der Waals surface area contributed by atoms with Crippen molar-refractivity contribution in [3.05, 3.63) is 59.0 Å². The summed E-state index contributed by atoms with van der Waals surface area (Å²) in [5.74, 6) is 1.96. The second-order valence-electron chi connectivity index (χ2n) is 5.15. The van der Waals surface area contributed by atoms with Crippen LogP contribution in [0.15, 0.2) is 40.8 Å². The van der Waals surface area contributed by atoms with Crippen molar-refractivity contribution in [3.63, 3.8) is 0 Å². The van der Waals surface area contributed by atoms with E-state index < -0.39 is 0 Å². The quantitative estimate of drug-likeness (QED) is 0.849. The molecule has 2 aromatic rings. The zero-order chi connectivity index (χ0) is 13.8. The lowest BCUT2D eigenvalue weighted by Gasteiger charge is -2.19. The van der Waals surface area contributed by atoms with Gasteiger partial charge in [-0.15, -0.1) is 0 Å². The van der Waals surface area contributed by atoms with E-state index in [2.05, 4.69) is 50.4 Å². The molecule has 2 unspecified atom stereocenters. The van der Waals surface area contributed by atoms with E-state index in [9.17, 15) is 0 Å². The lowest BCUT2D eigenvalue weighted by molar-refractivity contribution is 0.392. The first-order valence-corrected chi connectivity index (χ1v) is 7.01. The summed E-state index contributed by atoms with van der Waals surface area (Å²) >= 11 is 0. The molecule has 0 aliphatic carbocycles. The Labute approximate surface area is 115 Å². The molecule has 0 fully saturated rings. The molecule has 1 aromatic carbocycles. The van der Waals surface area contributed by atoms with Crippen molar-refractivity contribution in [1.82, 2.24) is 5.32 Å². The summed E-state index contributed by atoms with van der Waals surface area (Å²) in [6.45, 7) is 8.48. The summed E-state index contributed by atoms with van der Waals surface area (Å²) in [5, 5.41) is 3.57. The molecular weight excluding hydrogens is 234 g/mol. The van der Waals surface area contributed by atoms with Gasteiger partial charge in [0, 0.05) is 6.04 Å².